The van der Waals surface area contributed by atoms with E-state index < -0.39 is 0 Å². The van der Waals surface area contributed by atoms with Gasteiger partial charge >= 0.3 is 0 Å². The lowest BCUT2D eigenvalue weighted by Crippen LogP contribution is -1.89. The van der Waals surface area contributed by atoms with Crippen LogP contribution >= 0.6 is 0 Å². The first-order valence-electron chi connectivity index (χ1n) is 5.94. The van der Waals surface area contributed by atoms with Gasteiger partial charge in [-0.05, 0) is 31.4 Å². The predicted octanol–water partition coefficient (Wildman–Crippen LogP) is 2.96. The molecule has 0 aliphatic rings. The molecule has 0 radical (unpaired) electrons. The van der Waals surface area contributed by atoms with Gasteiger partial charge in [-0.15, -0.1) is 0 Å². The summed E-state index contributed by atoms with van der Waals surface area (Å²) < 4.78 is 0. The molecule has 0 fully saturated rings. The molecule has 0 aliphatic carbocycles. The highest BCUT2D eigenvalue weighted by Crippen LogP contribution is 2.07. The van der Waals surface area contributed by atoms with Crippen LogP contribution in [-0.4, -0.2) is 16.7 Å². The lowest BCUT2D eigenvalue weighted by molar-refractivity contribution is 0.282. The molecular weight excluding hydrogens is 186 g/mol. The van der Waals surface area contributed by atoms with Crippen molar-refractivity contribution in [2.24, 2.45) is 0 Å². The standard InChI is InChI=1S/C13H21NO/c15-12-8-4-2-1-3-5-9-13-10-6-7-11-14-13/h6-7,10-11,15H,1-5,8-9,12H2. The Balaban J connectivity index is 1.93. The van der Waals surface area contributed by atoms with Crippen LogP contribution in [0.1, 0.15) is 44.2 Å². The highest BCUT2D eigenvalue weighted by molar-refractivity contribution is 5.03. The Morgan fingerprint density at radius 1 is 0.933 bits per heavy atom. The van der Waals surface area contributed by atoms with Gasteiger partial charge in [-0.3, -0.25) is 4.98 Å². The topological polar surface area (TPSA) is 33.1 Å². The number of hydrogen-bond acceptors (Lipinski definition) is 2. The fourth-order valence-electron chi connectivity index (χ4n) is 1.67. The summed E-state index contributed by atoms with van der Waals surface area (Å²) >= 11 is 0. The summed E-state index contributed by atoms with van der Waals surface area (Å²) in [6.45, 7) is 0.341. The molecule has 1 N–H and O–H groups in total. The summed E-state index contributed by atoms with van der Waals surface area (Å²) in [6.07, 6.45) is 10.1. The van der Waals surface area contributed by atoms with E-state index >= 15 is 0 Å². The number of pyridine rings is 1. The van der Waals surface area contributed by atoms with E-state index in [4.69, 9.17) is 5.11 Å². The Morgan fingerprint density at radius 3 is 2.33 bits per heavy atom. The molecule has 0 unspecified atom stereocenters. The molecule has 1 heterocycles. The molecular formula is C13H21NO. The number of aliphatic hydroxyl groups is 1. The zero-order chi connectivity index (χ0) is 10.8. The summed E-state index contributed by atoms with van der Waals surface area (Å²) in [6, 6.07) is 6.09. The minimum Gasteiger partial charge on any atom is -0.396 e. The quantitative estimate of drug-likeness (QED) is 0.665. The Bertz CT molecular complexity index is 236. The first kappa shape index (κ1) is 12.2. The molecule has 0 bridgehead atoms. The molecule has 15 heavy (non-hydrogen) atoms. The molecule has 0 atom stereocenters. The van der Waals surface area contributed by atoms with Gasteiger partial charge in [-0.1, -0.05) is 31.7 Å². The van der Waals surface area contributed by atoms with Crippen molar-refractivity contribution in [2.45, 2.75) is 44.9 Å². The molecule has 1 aromatic rings. The molecule has 0 amide bonds. The van der Waals surface area contributed by atoms with E-state index in [-0.39, 0.29) is 0 Å². The van der Waals surface area contributed by atoms with E-state index in [1.54, 1.807) is 0 Å². The van der Waals surface area contributed by atoms with Crippen LogP contribution in [0.2, 0.25) is 0 Å². The SMILES string of the molecule is OCCCCCCCCc1ccccn1. The van der Waals surface area contributed by atoms with Gasteiger partial charge in [0.15, 0.2) is 0 Å². The van der Waals surface area contributed by atoms with Gasteiger partial charge in [0.25, 0.3) is 0 Å². The Kier molecular flexibility index (Phi) is 6.84. The summed E-state index contributed by atoms with van der Waals surface area (Å²) in [7, 11) is 0. The van der Waals surface area contributed by atoms with Gasteiger partial charge < -0.3 is 5.11 Å². The number of unbranched alkanes of at least 4 members (excludes halogenated alkanes) is 5. The fourth-order valence-corrected chi connectivity index (χ4v) is 1.67. The fraction of sp³-hybridized carbons (Fsp3) is 0.615. The highest BCUT2D eigenvalue weighted by atomic mass is 16.2. The first-order chi connectivity index (χ1) is 7.43. The van der Waals surface area contributed by atoms with Crippen LogP contribution in [0.3, 0.4) is 0 Å². The normalized spacial score (nSPS) is 10.5. The molecule has 0 aromatic carbocycles. The maximum Gasteiger partial charge on any atom is 0.0431 e. The first-order valence-corrected chi connectivity index (χ1v) is 5.94. The lowest BCUT2D eigenvalue weighted by Gasteiger charge is -2.01. The number of aliphatic hydroxyl groups excluding tert-OH is 1. The van der Waals surface area contributed by atoms with Gasteiger partial charge in [0, 0.05) is 18.5 Å². The van der Waals surface area contributed by atoms with Crippen molar-refractivity contribution in [1.82, 2.24) is 4.98 Å². The Labute approximate surface area is 92.4 Å². The number of hydrogen-bond donors (Lipinski definition) is 1. The maximum absolute atomic E-state index is 8.61. The molecule has 1 rings (SSSR count). The smallest absolute Gasteiger partial charge is 0.0431 e. The van der Waals surface area contributed by atoms with E-state index in [0.717, 1.165) is 12.8 Å². The van der Waals surface area contributed by atoms with E-state index in [0.29, 0.717) is 6.61 Å². The third-order valence-corrected chi connectivity index (χ3v) is 2.57. The van der Waals surface area contributed by atoms with Crippen LogP contribution in [0.5, 0.6) is 0 Å². The molecule has 84 valence electrons. The van der Waals surface area contributed by atoms with Crippen molar-refractivity contribution in [1.29, 1.82) is 0 Å². The summed E-state index contributed by atoms with van der Waals surface area (Å²) in [4.78, 5) is 4.29. The molecule has 0 aliphatic heterocycles. The van der Waals surface area contributed by atoms with E-state index in [1.165, 1.54) is 37.8 Å². The third kappa shape index (κ3) is 6.24. The number of aryl methyl sites for hydroxylation is 1. The van der Waals surface area contributed by atoms with Gasteiger partial charge in [0.2, 0.25) is 0 Å². The maximum atomic E-state index is 8.61. The molecule has 2 nitrogen and oxygen atoms in total. The van der Waals surface area contributed by atoms with Crippen molar-refractivity contribution in [3.8, 4) is 0 Å². The average Bonchev–Trinajstić information content (AvgIpc) is 2.29. The van der Waals surface area contributed by atoms with Crippen molar-refractivity contribution in [3.05, 3.63) is 30.1 Å². The molecule has 0 saturated carbocycles. The van der Waals surface area contributed by atoms with Crippen LogP contribution in [0.25, 0.3) is 0 Å². The molecule has 2 heteroatoms. The van der Waals surface area contributed by atoms with E-state index in [2.05, 4.69) is 11.1 Å². The lowest BCUT2D eigenvalue weighted by atomic mass is 10.1. The second kappa shape index (κ2) is 8.42. The Morgan fingerprint density at radius 2 is 1.67 bits per heavy atom. The van der Waals surface area contributed by atoms with Crippen LogP contribution in [-0.2, 0) is 6.42 Å². The van der Waals surface area contributed by atoms with Gasteiger partial charge in [0.1, 0.15) is 0 Å². The molecule has 1 aromatic heterocycles. The summed E-state index contributed by atoms with van der Waals surface area (Å²) in [5, 5.41) is 8.61. The van der Waals surface area contributed by atoms with Crippen molar-refractivity contribution < 1.29 is 5.11 Å². The molecule has 0 spiro atoms. The second-order valence-electron chi connectivity index (χ2n) is 3.92. The summed E-state index contributed by atoms with van der Waals surface area (Å²) in [5.41, 5.74) is 1.20. The van der Waals surface area contributed by atoms with Crippen molar-refractivity contribution in [2.75, 3.05) is 6.61 Å². The predicted molar refractivity (Wildman–Crippen MR) is 62.7 cm³/mol. The average molecular weight is 207 g/mol. The van der Waals surface area contributed by atoms with Crippen LogP contribution < -0.4 is 0 Å². The van der Waals surface area contributed by atoms with Crippen LogP contribution in [0.15, 0.2) is 24.4 Å². The van der Waals surface area contributed by atoms with Crippen LogP contribution in [0.4, 0.5) is 0 Å². The van der Waals surface area contributed by atoms with E-state index in [1.807, 2.05) is 18.3 Å². The third-order valence-electron chi connectivity index (χ3n) is 2.57. The highest BCUT2D eigenvalue weighted by Gasteiger charge is 1.94. The zero-order valence-corrected chi connectivity index (χ0v) is 9.36. The largest absolute Gasteiger partial charge is 0.396 e. The van der Waals surface area contributed by atoms with Crippen molar-refractivity contribution >= 4 is 0 Å². The minimum absolute atomic E-state index is 0.341. The Hall–Kier alpha value is -0.890. The second-order valence-corrected chi connectivity index (χ2v) is 3.92. The summed E-state index contributed by atoms with van der Waals surface area (Å²) in [5.74, 6) is 0. The van der Waals surface area contributed by atoms with Crippen molar-refractivity contribution in [3.63, 3.8) is 0 Å². The number of aromatic nitrogens is 1. The van der Waals surface area contributed by atoms with Gasteiger partial charge in [-0.25, -0.2) is 0 Å². The molecule has 0 saturated heterocycles. The monoisotopic (exact) mass is 207 g/mol. The minimum atomic E-state index is 0.341. The van der Waals surface area contributed by atoms with Crippen LogP contribution in [0, 0.1) is 0 Å². The van der Waals surface area contributed by atoms with Gasteiger partial charge in [0.05, 0.1) is 0 Å². The number of nitrogens with zero attached hydrogens (tertiary/aromatic N) is 1. The number of rotatable bonds is 8. The van der Waals surface area contributed by atoms with E-state index in [9.17, 15) is 0 Å². The van der Waals surface area contributed by atoms with Gasteiger partial charge in [-0.2, -0.15) is 0 Å². The zero-order valence-electron chi connectivity index (χ0n) is 9.36.